The lowest BCUT2D eigenvalue weighted by molar-refractivity contribution is 0.0689. The lowest BCUT2D eigenvalue weighted by atomic mass is 10.2. The fourth-order valence-corrected chi connectivity index (χ4v) is 1.46. The summed E-state index contributed by atoms with van der Waals surface area (Å²) in [6.07, 6.45) is 0. The number of carboxylic acids is 1. The Kier molecular flexibility index (Phi) is 2.24. The van der Waals surface area contributed by atoms with Crippen molar-refractivity contribution in [2.45, 2.75) is 0 Å². The summed E-state index contributed by atoms with van der Waals surface area (Å²) < 4.78 is 12.8. The number of carbonyl (C=O) groups is 1. The van der Waals surface area contributed by atoms with Crippen LogP contribution in [0.3, 0.4) is 0 Å². The molecule has 0 saturated carbocycles. The van der Waals surface area contributed by atoms with E-state index in [9.17, 15) is 9.18 Å². The fraction of sp³-hybridized carbons (Fsp3) is 0. The quantitative estimate of drug-likeness (QED) is 0.809. The SMILES string of the molecule is O=C(O)c1nnc2cc(F)ccc2c1Cl. The molecule has 1 heterocycles. The fourth-order valence-electron chi connectivity index (χ4n) is 1.19. The van der Waals surface area contributed by atoms with E-state index in [2.05, 4.69) is 10.2 Å². The van der Waals surface area contributed by atoms with Gasteiger partial charge in [-0.05, 0) is 12.1 Å². The number of benzene rings is 1. The molecule has 0 bridgehead atoms. The van der Waals surface area contributed by atoms with Gasteiger partial charge < -0.3 is 5.11 Å². The first-order valence-electron chi connectivity index (χ1n) is 3.94. The van der Waals surface area contributed by atoms with Crippen molar-refractivity contribution in [1.82, 2.24) is 10.2 Å². The zero-order valence-corrected chi connectivity index (χ0v) is 7.99. The largest absolute Gasteiger partial charge is 0.476 e. The van der Waals surface area contributed by atoms with Crippen molar-refractivity contribution in [2.75, 3.05) is 0 Å². The number of halogens is 2. The standard InChI is InChI=1S/C9H4ClFN2O2/c10-7-5-2-1-4(11)3-6(5)12-13-8(7)9(14)15/h1-3H,(H,14,15). The maximum Gasteiger partial charge on any atom is 0.358 e. The minimum Gasteiger partial charge on any atom is -0.476 e. The molecule has 0 aliphatic carbocycles. The van der Waals surface area contributed by atoms with E-state index in [1.165, 1.54) is 12.1 Å². The number of rotatable bonds is 1. The molecule has 0 saturated heterocycles. The lowest BCUT2D eigenvalue weighted by Crippen LogP contribution is -2.03. The molecular formula is C9H4ClFN2O2. The summed E-state index contributed by atoms with van der Waals surface area (Å²) in [5.41, 5.74) is -0.110. The van der Waals surface area contributed by atoms with E-state index in [0.717, 1.165) is 6.07 Å². The van der Waals surface area contributed by atoms with Crippen LogP contribution in [-0.2, 0) is 0 Å². The number of aromatic nitrogens is 2. The van der Waals surface area contributed by atoms with Gasteiger partial charge in [0.15, 0.2) is 5.69 Å². The molecule has 4 nitrogen and oxygen atoms in total. The average molecular weight is 227 g/mol. The smallest absolute Gasteiger partial charge is 0.358 e. The average Bonchev–Trinajstić information content (AvgIpc) is 2.17. The van der Waals surface area contributed by atoms with Gasteiger partial charge in [-0.15, -0.1) is 10.2 Å². The summed E-state index contributed by atoms with van der Waals surface area (Å²) in [7, 11) is 0. The predicted octanol–water partition coefficient (Wildman–Crippen LogP) is 2.12. The van der Waals surface area contributed by atoms with Gasteiger partial charge in [-0.3, -0.25) is 0 Å². The monoisotopic (exact) mass is 226 g/mol. The highest BCUT2D eigenvalue weighted by Gasteiger charge is 2.14. The lowest BCUT2D eigenvalue weighted by Gasteiger charge is -2.01. The maximum atomic E-state index is 12.8. The summed E-state index contributed by atoms with van der Waals surface area (Å²) in [6.45, 7) is 0. The second-order valence-corrected chi connectivity index (χ2v) is 3.21. The van der Waals surface area contributed by atoms with E-state index in [0.29, 0.717) is 5.39 Å². The van der Waals surface area contributed by atoms with Gasteiger partial charge in [0.1, 0.15) is 5.82 Å². The Balaban J connectivity index is 2.80. The van der Waals surface area contributed by atoms with Gasteiger partial charge in [0, 0.05) is 11.5 Å². The highest BCUT2D eigenvalue weighted by molar-refractivity contribution is 6.37. The molecule has 0 spiro atoms. The number of hydrogen-bond acceptors (Lipinski definition) is 3. The third-order valence-electron chi connectivity index (χ3n) is 1.86. The van der Waals surface area contributed by atoms with Crippen LogP contribution in [0.1, 0.15) is 10.5 Å². The molecule has 6 heteroatoms. The van der Waals surface area contributed by atoms with E-state index < -0.39 is 11.8 Å². The number of fused-ring (bicyclic) bond motifs is 1. The van der Waals surface area contributed by atoms with Gasteiger partial charge in [0.2, 0.25) is 0 Å². The molecule has 0 aliphatic rings. The van der Waals surface area contributed by atoms with Gasteiger partial charge in [-0.2, -0.15) is 0 Å². The molecule has 0 fully saturated rings. The highest BCUT2D eigenvalue weighted by atomic mass is 35.5. The molecule has 0 radical (unpaired) electrons. The van der Waals surface area contributed by atoms with Crippen molar-refractivity contribution >= 4 is 28.5 Å². The highest BCUT2D eigenvalue weighted by Crippen LogP contribution is 2.24. The van der Waals surface area contributed by atoms with Crippen LogP contribution in [-0.4, -0.2) is 21.3 Å². The van der Waals surface area contributed by atoms with Crippen LogP contribution in [0.15, 0.2) is 18.2 Å². The Labute approximate surface area is 88.3 Å². The third kappa shape index (κ3) is 1.61. The van der Waals surface area contributed by atoms with Gasteiger partial charge in [-0.25, -0.2) is 9.18 Å². The van der Waals surface area contributed by atoms with Crippen molar-refractivity contribution in [3.05, 3.63) is 34.7 Å². The van der Waals surface area contributed by atoms with Gasteiger partial charge in [0.25, 0.3) is 0 Å². The summed E-state index contributed by atoms with van der Waals surface area (Å²) in [4.78, 5) is 10.7. The van der Waals surface area contributed by atoms with Crippen LogP contribution < -0.4 is 0 Å². The molecule has 2 aromatic rings. The van der Waals surface area contributed by atoms with Crippen LogP contribution in [0, 0.1) is 5.82 Å². The number of hydrogen-bond donors (Lipinski definition) is 1. The molecule has 1 aromatic carbocycles. The molecule has 1 N–H and O–H groups in total. The second kappa shape index (κ2) is 3.43. The van der Waals surface area contributed by atoms with Crippen molar-refractivity contribution < 1.29 is 14.3 Å². The molecule has 0 unspecified atom stereocenters. The Hall–Kier alpha value is -1.75. The van der Waals surface area contributed by atoms with Gasteiger partial charge in [0.05, 0.1) is 10.5 Å². The van der Waals surface area contributed by atoms with Crippen LogP contribution in [0.4, 0.5) is 4.39 Å². The van der Waals surface area contributed by atoms with Crippen molar-refractivity contribution in [3.8, 4) is 0 Å². The van der Waals surface area contributed by atoms with Gasteiger partial charge in [-0.1, -0.05) is 11.6 Å². The number of nitrogens with zero attached hydrogens (tertiary/aromatic N) is 2. The van der Waals surface area contributed by atoms with Crippen molar-refractivity contribution in [1.29, 1.82) is 0 Å². The molecule has 0 atom stereocenters. The zero-order valence-electron chi connectivity index (χ0n) is 7.24. The van der Waals surface area contributed by atoms with Crippen LogP contribution >= 0.6 is 11.6 Å². The van der Waals surface area contributed by atoms with E-state index in [1.807, 2.05) is 0 Å². The topological polar surface area (TPSA) is 63.1 Å². The Morgan fingerprint density at radius 2 is 2.13 bits per heavy atom. The molecule has 0 amide bonds. The zero-order chi connectivity index (χ0) is 11.0. The molecule has 76 valence electrons. The normalized spacial score (nSPS) is 10.5. The minimum absolute atomic E-state index is 0.0347. The van der Waals surface area contributed by atoms with E-state index in [4.69, 9.17) is 16.7 Å². The van der Waals surface area contributed by atoms with Crippen molar-refractivity contribution in [3.63, 3.8) is 0 Å². The molecule has 0 aliphatic heterocycles. The second-order valence-electron chi connectivity index (χ2n) is 2.83. The molecule has 15 heavy (non-hydrogen) atoms. The van der Waals surface area contributed by atoms with E-state index in [-0.39, 0.29) is 16.2 Å². The first-order chi connectivity index (χ1) is 7.09. The summed E-state index contributed by atoms with van der Waals surface area (Å²) >= 11 is 5.78. The van der Waals surface area contributed by atoms with E-state index >= 15 is 0 Å². The summed E-state index contributed by atoms with van der Waals surface area (Å²) in [5.74, 6) is -1.74. The first-order valence-corrected chi connectivity index (χ1v) is 4.32. The van der Waals surface area contributed by atoms with Crippen LogP contribution in [0.25, 0.3) is 10.9 Å². The minimum atomic E-state index is -1.27. The summed E-state index contributed by atoms with van der Waals surface area (Å²) in [5, 5.41) is 16.0. The first kappa shape index (κ1) is 9.79. The number of carboxylic acid groups (broad SMARTS) is 1. The Morgan fingerprint density at radius 3 is 2.80 bits per heavy atom. The molecular weight excluding hydrogens is 223 g/mol. The predicted molar refractivity (Wildman–Crippen MR) is 51.5 cm³/mol. The molecule has 2 rings (SSSR count). The van der Waals surface area contributed by atoms with Crippen LogP contribution in [0.2, 0.25) is 5.02 Å². The van der Waals surface area contributed by atoms with E-state index in [1.54, 1.807) is 0 Å². The molecule has 1 aromatic heterocycles. The van der Waals surface area contributed by atoms with Gasteiger partial charge >= 0.3 is 5.97 Å². The maximum absolute atomic E-state index is 12.8. The summed E-state index contributed by atoms with van der Waals surface area (Å²) in [6, 6.07) is 3.69. The van der Waals surface area contributed by atoms with Crippen LogP contribution in [0.5, 0.6) is 0 Å². The Morgan fingerprint density at radius 1 is 1.40 bits per heavy atom. The number of aromatic carboxylic acids is 1. The third-order valence-corrected chi connectivity index (χ3v) is 2.25. The van der Waals surface area contributed by atoms with Crippen molar-refractivity contribution in [2.24, 2.45) is 0 Å². The Bertz CT molecular complexity index is 559.